The maximum Gasteiger partial charge on any atom is 0.240 e. The molecule has 2 rings (SSSR count). The Bertz CT molecular complexity index is 574. The first kappa shape index (κ1) is 15.3. The summed E-state index contributed by atoms with van der Waals surface area (Å²) in [5, 5.41) is 0. The molecular formula is C14H21FN2O2S. The van der Waals surface area contributed by atoms with Gasteiger partial charge in [0.2, 0.25) is 10.0 Å². The second-order valence-corrected chi connectivity index (χ2v) is 7.24. The maximum atomic E-state index is 13.6. The summed E-state index contributed by atoms with van der Waals surface area (Å²) in [6.07, 6.45) is 3.91. The first-order chi connectivity index (χ1) is 9.33. The van der Waals surface area contributed by atoms with Crippen LogP contribution in [0.2, 0.25) is 0 Å². The fourth-order valence-corrected chi connectivity index (χ4v) is 3.55. The summed E-state index contributed by atoms with van der Waals surface area (Å²) >= 11 is 0. The van der Waals surface area contributed by atoms with Crippen LogP contribution in [-0.4, -0.2) is 14.5 Å². The molecule has 1 saturated carbocycles. The van der Waals surface area contributed by atoms with Crippen molar-refractivity contribution in [2.45, 2.75) is 50.5 Å². The number of rotatable bonds is 6. The molecule has 0 saturated heterocycles. The van der Waals surface area contributed by atoms with Crippen LogP contribution in [0.4, 0.5) is 10.1 Å². The van der Waals surface area contributed by atoms with E-state index < -0.39 is 15.8 Å². The van der Waals surface area contributed by atoms with Crippen molar-refractivity contribution in [3.8, 4) is 0 Å². The number of halogens is 1. The summed E-state index contributed by atoms with van der Waals surface area (Å²) in [6, 6.07) is 2.24. The average Bonchev–Trinajstić information content (AvgIpc) is 3.18. The largest absolute Gasteiger partial charge is 0.398 e. The molecule has 4 nitrogen and oxygen atoms in total. The Labute approximate surface area is 119 Å². The number of nitrogens with two attached hydrogens (primary N) is 1. The van der Waals surface area contributed by atoms with Crippen molar-refractivity contribution in [1.29, 1.82) is 0 Å². The zero-order chi connectivity index (χ0) is 14.9. The van der Waals surface area contributed by atoms with Gasteiger partial charge in [0.15, 0.2) is 0 Å². The van der Waals surface area contributed by atoms with Gasteiger partial charge < -0.3 is 5.73 Å². The highest BCUT2D eigenvalue weighted by atomic mass is 32.2. The molecular weight excluding hydrogens is 279 g/mol. The lowest BCUT2D eigenvalue weighted by Gasteiger charge is -2.17. The summed E-state index contributed by atoms with van der Waals surface area (Å²) in [6.45, 7) is 3.47. The molecule has 1 aromatic rings. The van der Waals surface area contributed by atoms with Gasteiger partial charge in [0, 0.05) is 17.3 Å². The third kappa shape index (κ3) is 3.49. The molecule has 0 radical (unpaired) electrons. The SMILES string of the molecule is CCC(CC1CC1)NS(=O)(=O)c1cc(N)c(C)c(F)c1. The van der Waals surface area contributed by atoms with E-state index in [4.69, 9.17) is 5.73 Å². The minimum absolute atomic E-state index is 0.0990. The summed E-state index contributed by atoms with van der Waals surface area (Å²) in [4.78, 5) is -0.104. The van der Waals surface area contributed by atoms with Crippen molar-refractivity contribution in [2.75, 3.05) is 5.73 Å². The van der Waals surface area contributed by atoms with Crippen LogP contribution in [0.15, 0.2) is 17.0 Å². The first-order valence-electron chi connectivity index (χ1n) is 6.91. The van der Waals surface area contributed by atoms with Crippen LogP contribution in [0.3, 0.4) is 0 Å². The number of hydrogen-bond acceptors (Lipinski definition) is 3. The highest BCUT2D eigenvalue weighted by molar-refractivity contribution is 7.89. The number of benzene rings is 1. The quantitative estimate of drug-likeness (QED) is 0.793. The fraction of sp³-hybridized carbons (Fsp3) is 0.571. The van der Waals surface area contributed by atoms with Gasteiger partial charge in [0.1, 0.15) is 5.82 Å². The molecule has 20 heavy (non-hydrogen) atoms. The van der Waals surface area contributed by atoms with Crippen LogP contribution >= 0.6 is 0 Å². The van der Waals surface area contributed by atoms with Crippen molar-refractivity contribution in [3.05, 3.63) is 23.5 Å². The second-order valence-electron chi connectivity index (χ2n) is 5.52. The normalized spacial score (nSPS) is 17.1. The third-order valence-corrected chi connectivity index (χ3v) is 5.30. The molecule has 3 N–H and O–H groups in total. The van der Waals surface area contributed by atoms with E-state index in [1.54, 1.807) is 0 Å². The Morgan fingerprint density at radius 3 is 2.60 bits per heavy atom. The predicted octanol–water partition coefficient (Wildman–Crippen LogP) is 2.57. The third-order valence-electron chi connectivity index (χ3n) is 3.80. The zero-order valence-electron chi connectivity index (χ0n) is 11.8. The monoisotopic (exact) mass is 300 g/mol. The molecule has 0 aromatic heterocycles. The average molecular weight is 300 g/mol. The summed E-state index contributed by atoms with van der Waals surface area (Å²) in [5.74, 6) is 0.0306. The van der Waals surface area contributed by atoms with E-state index in [2.05, 4.69) is 4.72 Å². The number of nitrogens with one attached hydrogen (secondary N) is 1. The molecule has 0 spiro atoms. The van der Waals surface area contributed by atoms with E-state index in [9.17, 15) is 12.8 Å². The van der Waals surface area contributed by atoms with E-state index in [0.29, 0.717) is 5.92 Å². The van der Waals surface area contributed by atoms with Gasteiger partial charge in [0.25, 0.3) is 0 Å². The van der Waals surface area contributed by atoms with Crippen LogP contribution in [0, 0.1) is 18.7 Å². The van der Waals surface area contributed by atoms with Crippen molar-refractivity contribution in [3.63, 3.8) is 0 Å². The molecule has 0 aliphatic heterocycles. The molecule has 0 heterocycles. The molecule has 1 fully saturated rings. The van der Waals surface area contributed by atoms with Crippen LogP contribution in [0.25, 0.3) is 0 Å². The Morgan fingerprint density at radius 1 is 1.45 bits per heavy atom. The molecule has 0 bridgehead atoms. The van der Waals surface area contributed by atoms with Gasteiger partial charge in [-0.1, -0.05) is 19.8 Å². The highest BCUT2D eigenvalue weighted by Crippen LogP contribution is 2.34. The minimum Gasteiger partial charge on any atom is -0.398 e. The lowest BCUT2D eigenvalue weighted by Crippen LogP contribution is -2.34. The maximum absolute atomic E-state index is 13.6. The lowest BCUT2D eigenvalue weighted by atomic mass is 10.1. The molecule has 1 unspecified atom stereocenters. The minimum atomic E-state index is -3.72. The topological polar surface area (TPSA) is 72.2 Å². The van der Waals surface area contributed by atoms with Crippen LogP contribution in [0.5, 0.6) is 0 Å². The Kier molecular flexibility index (Phi) is 4.34. The number of anilines is 1. The van der Waals surface area contributed by atoms with E-state index in [0.717, 1.165) is 18.9 Å². The molecule has 0 amide bonds. The van der Waals surface area contributed by atoms with Crippen molar-refractivity contribution < 1.29 is 12.8 Å². The van der Waals surface area contributed by atoms with Gasteiger partial charge in [-0.2, -0.15) is 0 Å². The van der Waals surface area contributed by atoms with Crippen molar-refractivity contribution >= 4 is 15.7 Å². The molecule has 1 atom stereocenters. The molecule has 1 aliphatic rings. The fourth-order valence-electron chi connectivity index (χ4n) is 2.17. The number of hydrogen-bond donors (Lipinski definition) is 2. The van der Waals surface area contributed by atoms with E-state index in [1.807, 2.05) is 6.92 Å². The highest BCUT2D eigenvalue weighted by Gasteiger charge is 2.28. The van der Waals surface area contributed by atoms with Gasteiger partial charge in [-0.3, -0.25) is 0 Å². The van der Waals surface area contributed by atoms with E-state index in [-0.39, 0.29) is 22.2 Å². The van der Waals surface area contributed by atoms with E-state index in [1.165, 1.54) is 25.8 Å². The molecule has 112 valence electrons. The molecule has 1 aliphatic carbocycles. The van der Waals surface area contributed by atoms with Crippen LogP contribution in [-0.2, 0) is 10.0 Å². The van der Waals surface area contributed by atoms with E-state index >= 15 is 0 Å². The Morgan fingerprint density at radius 2 is 2.10 bits per heavy atom. The van der Waals surface area contributed by atoms with Crippen molar-refractivity contribution in [1.82, 2.24) is 4.72 Å². The van der Waals surface area contributed by atoms with Gasteiger partial charge in [-0.15, -0.1) is 0 Å². The Hall–Kier alpha value is -1.14. The summed E-state index contributed by atoms with van der Waals surface area (Å²) < 4.78 is 40.9. The number of sulfonamides is 1. The smallest absolute Gasteiger partial charge is 0.240 e. The van der Waals surface area contributed by atoms with Gasteiger partial charge in [0.05, 0.1) is 4.90 Å². The van der Waals surface area contributed by atoms with Gasteiger partial charge in [-0.05, 0) is 37.8 Å². The summed E-state index contributed by atoms with van der Waals surface area (Å²) in [5.41, 5.74) is 6.07. The number of nitrogen functional groups attached to an aromatic ring is 1. The zero-order valence-corrected chi connectivity index (χ0v) is 12.6. The Balaban J connectivity index is 2.20. The van der Waals surface area contributed by atoms with Gasteiger partial charge in [-0.25, -0.2) is 17.5 Å². The van der Waals surface area contributed by atoms with Gasteiger partial charge >= 0.3 is 0 Å². The second kappa shape index (κ2) is 5.69. The van der Waals surface area contributed by atoms with Crippen LogP contribution < -0.4 is 10.5 Å². The van der Waals surface area contributed by atoms with Crippen LogP contribution in [0.1, 0.15) is 38.2 Å². The summed E-state index contributed by atoms with van der Waals surface area (Å²) in [7, 11) is -3.72. The molecule has 1 aromatic carbocycles. The van der Waals surface area contributed by atoms with Crippen molar-refractivity contribution in [2.24, 2.45) is 5.92 Å². The predicted molar refractivity (Wildman–Crippen MR) is 77.3 cm³/mol. The lowest BCUT2D eigenvalue weighted by molar-refractivity contribution is 0.494. The molecule has 6 heteroatoms. The standard InChI is InChI=1S/C14H21FN2O2S/c1-3-11(6-10-4-5-10)17-20(18,19)12-7-13(15)9(2)14(16)8-12/h7-8,10-11,17H,3-6,16H2,1-2H3. The first-order valence-corrected chi connectivity index (χ1v) is 8.39.